The number of aryl methyl sites for hydroxylation is 2. The number of rotatable bonds is 7. The van der Waals surface area contributed by atoms with Crippen molar-refractivity contribution in [3.63, 3.8) is 0 Å². The van der Waals surface area contributed by atoms with E-state index in [1.807, 2.05) is 10.6 Å². The van der Waals surface area contributed by atoms with Gasteiger partial charge in [-0.05, 0) is 49.3 Å². The number of thiophene rings is 1. The van der Waals surface area contributed by atoms with Gasteiger partial charge in [0.25, 0.3) is 0 Å². The highest BCUT2D eigenvalue weighted by atomic mass is 32.1. The molecule has 3 N–H and O–H groups in total. The minimum absolute atomic E-state index is 0.0186. The van der Waals surface area contributed by atoms with Crippen LogP contribution in [0.5, 0.6) is 5.75 Å². The van der Waals surface area contributed by atoms with Crippen LogP contribution in [-0.2, 0) is 22.6 Å². The van der Waals surface area contributed by atoms with Crippen LogP contribution in [0.2, 0.25) is 0 Å². The zero-order valence-corrected chi connectivity index (χ0v) is 19.8. The van der Waals surface area contributed by atoms with Crippen molar-refractivity contribution in [1.29, 1.82) is 0 Å². The predicted molar refractivity (Wildman–Crippen MR) is 130 cm³/mol. The maximum atomic E-state index is 12.1. The third-order valence-corrected chi connectivity index (χ3v) is 7.52. The van der Waals surface area contributed by atoms with Crippen molar-refractivity contribution in [2.45, 2.75) is 32.8 Å². The van der Waals surface area contributed by atoms with Crippen LogP contribution in [0.15, 0.2) is 24.5 Å². The highest BCUT2D eigenvalue weighted by molar-refractivity contribution is 7.22. The second kappa shape index (κ2) is 8.64. The van der Waals surface area contributed by atoms with Crippen LogP contribution in [0.4, 0.5) is 5.82 Å². The number of nitrogens with two attached hydrogens (primary N) is 1. The zero-order valence-electron chi connectivity index (χ0n) is 19.0. The summed E-state index contributed by atoms with van der Waals surface area (Å²) in [4.78, 5) is 17.5. The van der Waals surface area contributed by atoms with E-state index in [-0.39, 0.29) is 11.8 Å². The Balaban J connectivity index is 1.70. The number of hydrogen-bond donors (Lipinski definition) is 2. The molecule has 0 unspecified atom stereocenters. The van der Waals surface area contributed by atoms with Crippen molar-refractivity contribution in [3.05, 3.63) is 41.3 Å². The number of hydrogen-bond acceptors (Lipinski definition) is 7. The maximum absolute atomic E-state index is 12.1. The molecule has 1 amide bonds. The summed E-state index contributed by atoms with van der Waals surface area (Å²) in [5.74, 6) is 1.42. The fourth-order valence-corrected chi connectivity index (χ4v) is 6.02. The van der Waals surface area contributed by atoms with Crippen molar-refractivity contribution in [2.75, 3.05) is 26.5 Å². The largest absolute Gasteiger partial charge is 0.495 e. The van der Waals surface area contributed by atoms with Gasteiger partial charge in [0.05, 0.1) is 18.4 Å². The third-order valence-electron chi connectivity index (χ3n) is 6.33. The highest BCUT2D eigenvalue weighted by Crippen LogP contribution is 2.44. The molecule has 0 radical (unpaired) electrons. The summed E-state index contributed by atoms with van der Waals surface area (Å²) in [5, 5.41) is 8.59. The second-order valence-corrected chi connectivity index (χ2v) is 9.50. The van der Waals surface area contributed by atoms with E-state index in [1.54, 1.807) is 25.6 Å². The number of fused-ring (bicyclic) bond motifs is 2. The number of carbonyl (C=O) groups excluding carboxylic acids is 1. The van der Waals surface area contributed by atoms with Gasteiger partial charge in [0.2, 0.25) is 5.91 Å². The summed E-state index contributed by atoms with van der Waals surface area (Å²) >= 11 is 1.66. The van der Waals surface area contributed by atoms with Crippen molar-refractivity contribution < 1.29 is 14.3 Å². The zero-order chi connectivity index (χ0) is 23.1. The van der Waals surface area contributed by atoms with E-state index in [2.05, 4.69) is 34.5 Å². The number of amides is 1. The Labute approximate surface area is 195 Å². The molecule has 3 aromatic heterocycles. The minimum atomic E-state index is 0.0186. The number of benzene rings is 1. The summed E-state index contributed by atoms with van der Waals surface area (Å²) in [6, 6.07) is 6.38. The van der Waals surface area contributed by atoms with Gasteiger partial charge in [0.1, 0.15) is 17.6 Å². The SMILES string of the molecule is COCc1c(-c2cc3cc(C)cc(OC)c3s2)c2c(N)ncnn2c1CC[C@H]1CCNC1=O. The van der Waals surface area contributed by atoms with E-state index in [0.29, 0.717) is 18.8 Å². The lowest BCUT2D eigenvalue weighted by molar-refractivity contribution is -0.122. The summed E-state index contributed by atoms with van der Waals surface area (Å²) in [5.41, 5.74) is 11.3. The Morgan fingerprint density at radius 3 is 2.88 bits per heavy atom. The van der Waals surface area contributed by atoms with Crippen molar-refractivity contribution in [1.82, 2.24) is 19.9 Å². The quantitative estimate of drug-likeness (QED) is 0.431. The topological polar surface area (TPSA) is 104 Å². The van der Waals surface area contributed by atoms with Crippen molar-refractivity contribution in [3.8, 4) is 16.2 Å². The van der Waals surface area contributed by atoms with E-state index >= 15 is 0 Å². The number of carbonyl (C=O) groups is 1. The summed E-state index contributed by atoms with van der Waals surface area (Å²) in [6.45, 7) is 3.22. The van der Waals surface area contributed by atoms with Gasteiger partial charge < -0.3 is 20.5 Å². The number of methoxy groups -OCH3 is 2. The van der Waals surface area contributed by atoms with Crippen LogP contribution < -0.4 is 15.8 Å². The first-order chi connectivity index (χ1) is 16.0. The first-order valence-electron chi connectivity index (χ1n) is 11.0. The van der Waals surface area contributed by atoms with Crippen LogP contribution >= 0.6 is 11.3 Å². The smallest absolute Gasteiger partial charge is 0.223 e. The molecule has 8 nitrogen and oxygen atoms in total. The molecule has 1 aromatic carbocycles. The molecule has 5 rings (SSSR count). The number of nitrogens with zero attached hydrogens (tertiary/aromatic N) is 3. The number of nitrogen functional groups attached to an aromatic ring is 1. The van der Waals surface area contributed by atoms with Gasteiger partial charge in [-0.15, -0.1) is 11.3 Å². The van der Waals surface area contributed by atoms with Gasteiger partial charge in [-0.3, -0.25) is 4.79 Å². The monoisotopic (exact) mass is 465 g/mol. The molecule has 1 aliphatic rings. The molecule has 0 aliphatic carbocycles. The Bertz CT molecular complexity index is 1360. The van der Waals surface area contributed by atoms with E-state index < -0.39 is 0 Å². The van der Waals surface area contributed by atoms with E-state index in [1.165, 1.54) is 6.33 Å². The second-order valence-electron chi connectivity index (χ2n) is 8.45. The molecule has 1 atom stereocenters. The number of aromatic nitrogens is 3. The van der Waals surface area contributed by atoms with Crippen LogP contribution in [0.3, 0.4) is 0 Å². The molecule has 1 saturated heterocycles. The Morgan fingerprint density at radius 1 is 1.30 bits per heavy atom. The lowest BCUT2D eigenvalue weighted by Crippen LogP contribution is -2.19. The number of anilines is 1. The maximum Gasteiger partial charge on any atom is 0.223 e. The Morgan fingerprint density at radius 2 is 2.15 bits per heavy atom. The Kier molecular flexibility index (Phi) is 5.67. The molecule has 172 valence electrons. The first kappa shape index (κ1) is 21.7. The third kappa shape index (κ3) is 3.71. The van der Waals surface area contributed by atoms with Crippen LogP contribution in [0, 0.1) is 12.8 Å². The van der Waals surface area contributed by atoms with Crippen LogP contribution in [-0.4, -0.2) is 41.3 Å². The standard InChI is InChI=1S/C24H27N5O3S/c1-13-8-15-10-19(33-22(15)18(9-13)32-3)20-16(11-31-2)17(5-4-14-6-7-26-24(14)30)29-21(20)23(25)27-12-28-29/h8-10,12,14H,4-7,11H2,1-3H3,(H,26,30)(H2,25,27,28)/t14-/m0/s1. The molecule has 33 heavy (non-hydrogen) atoms. The molecule has 9 heteroatoms. The van der Waals surface area contributed by atoms with Gasteiger partial charge in [-0.1, -0.05) is 6.07 Å². The fourth-order valence-electron chi connectivity index (χ4n) is 4.81. The lowest BCUT2D eigenvalue weighted by atomic mass is 9.98. The molecule has 0 saturated carbocycles. The average Bonchev–Trinajstić information content (AvgIpc) is 3.48. The molecule has 1 fully saturated rings. The molecule has 4 heterocycles. The van der Waals surface area contributed by atoms with Crippen molar-refractivity contribution >= 4 is 38.7 Å². The average molecular weight is 466 g/mol. The minimum Gasteiger partial charge on any atom is -0.495 e. The van der Waals surface area contributed by atoms with Gasteiger partial charge in [0.15, 0.2) is 5.82 Å². The van der Waals surface area contributed by atoms with E-state index in [4.69, 9.17) is 15.2 Å². The van der Waals surface area contributed by atoms with Gasteiger partial charge in [-0.25, -0.2) is 9.50 Å². The molecule has 4 aromatic rings. The van der Waals surface area contributed by atoms with Gasteiger partial charge in [-0.2, -0.15) is 5.10 Å². The summed E-state index contributed by atoms with van der Waals surface area (Å²) in [6.07, 6.45) is 3.78. The molecule has 1 aliphatic heterocycles. The fraction of sp³-hybridized carbons (Fsp3) is 0.375. The lowest BCUT2D eigenvalue weighted by Gasteiger charge is -2.09. The van der Waals surface area contributed by atoms with Crippen LogP contribution in [0.1, 0.15) is 29.7 Å². The number of nitrogens with one attached hydrogen (secondary N) is 1. The summed E-state index contributed by atoms with van der Waals surface area (Å²) < 4.78 is 14.2. The highest BCUT2D eigenvalue weighted by Gasteiger charge is 2.28. The van der Waals surface area contributed by atoms with Crippen molar-refractivity contribution in [2.24, 2.45) is 5.92 Å². The Hall–Kier alpha value is -3.17. The van der Waals surface area contributed by atoms with Gasteiger partial charge in [0, 0.05) is 41.3 Å². The molecule has 0 spiro atoms. The molecular formula is C24H27N5O3S. The summed E-state index contributed by atoms with van der Waals surface area (Å²) in [7, 11) is 3.38. The predicted octanol–water partition coefficient (Wildman–Crippen LogP) is 3.73. The van der Waals surface area contributed by atoms with Gasteiger partial charge >= 0.3 is 0 Å². The normalized spacial score (nSPS) is 16.1. The van der Waals surface area contributed by atoms with E-state index in [9.17, 15) is 4.79 Å². The first-order valence-corrected chi connectivity index (χ1v) is 11.8. The van der Waals surface area contributed by atoms with E-state index in [0.717, 1.165) is 68.0 Å². The molecular weight excluding hydrogens is 438 g/mol. The molecule has 0 bridgehead atoms. The van der Waals surface area contributed by atoms with Crippen LogP contribution in [0.25, 0.3) is 26.0 Å². The number of ether oxygens (including phenoxy) is 2.